The molecule has 1 saturated heterocycles. The van der Waals surface area contributed by atoms with E-state index in [4.69, 9.17) is 4.74 Å². The van der Waals surface area contributed by atoms with Crippen molar-refractivity contribution >= 4 is 0 Å². The fourth-order valence-electron chi connectivity index (χ4n) is 1.58. The number of ether oxygens (including phenoxy) is 1. The summed E-state index contributed by atoms with van der Waals surface area (Å²) in [5.41, 5.74) is 0. The largest absolute Gasteiger partial charge is 0.368 e. The second kappa shape index (κ2) is 3.55. The molecule has 1 aliphatic rings. The fraction of sp³-hybridized carbons (Fsp3) is 1.00. The van der Waals surface area contributed by atoms with Gasteiger partial charge in [0.05, 0.1) is 6.10 Å². The SMILES string of the molecule is CC1CC(O)OC(C(C)C)C1. The van der Waals surface area contributed by atoms with Crippen LogP contribution in [0.4, 0.5) is 0 Å². The lowest BCUT2D eigenvalue weighted by molar-refractivity contribution is -0.186. The minimum atomic E-state index is -0.522. The van der Waals surface area contributed by atoms with E-state index < -0.39 is 6.29 Å². The summed E-state index contributed by atoms with van der Waals surface area (Å²) >= 11 is 0. The second-order valence-corrected chi connectivity index (χ2v) is 3.95. The van der Waals surface area contributed by atoms with E-state index in [-0.39, 0.29) is 6.10 Å². The van der Waals surface area contributed by atoms with Crippen LogP contribution < -0.4 is 0 Å². The van der Waals surface area contributed by atoms with Crippen molar-refractivity contribution in [2.45, 2.75) is 46.0 Å². The van der Waals surface area contributed by atoms with Crippen molar-refractivity contribution < 1.29 is 9.84 Å². The Morgan fingerprint density at radius 3 is 2.45 bits per heavy atom. The summed E-state index contributed by atoms with van der Waals surface area (Å²) in [4.78, 5) is 0. The molecule has 1 heterocycles. The van der Waals surface area contributed by atoms with E-state index in [0.717, 1.165) is 12.8 Å². The second-order valence-electron chi connectivity index (χ2n) is 3.95. The van der Waals surface area contributed by atoms with Gasteiger partial charge in [-0.05, 0) is 18.3 Å². The van der Waals surface area contributed by atoms with Gasteiger partial charge in [-0.25, -0.2) is 0 Å². The minimum Gasteiger partial charge on any atom is -0.368 e. The summed E-state index contributed by atoms with van der Waals surface area (Å²) in [6.45, 7) is 6.44. The van der Waals surface area contributed by atoms with Crippen LogP contribution in [0, 0.1) is 11.8 Å². The van der Waals surface area contributed by atoms with E-state index in [9.17, 15) is 5.11 Å². The Hall–Kier alpha value is -0.0800. The first kappa shape index (κ1) is 9.01. The lowest BCUT2D eigenvalue weighted by Gasteiger charge is -2.33. The van der Waals surface area contributed by atoms with E-state index in [1.807, 2.05) is 0 Å². The fourth-order valence-corrected chi connectivity index (χ4v) is 1.58. The molecule has 66 valence electrons. The van der Waals surface area contributed by atoms with Crippen molar-refractivity contribution in [1.29, 1.82) is 0 Å². The predicted molar refractivity (Wildman–Crippen MR) is 44.1 cm³/mol. The molecule has 1 fully saturated rings. The zero-order chi connectivity index (χ0) is 8.43. The molecule has 1 N–H and O–H groups in total. The highest BCUT2D eigenvalue weighted by Crippen LogP contribution is 2.27. The maximum Gasteiger partial charge on any atom is 0.155 e. The number of hydrogen-bond donors (Lipinski definition) is 1. The molecular formula is C9H18O2. The van der Waals surface area contributed by atoms with Crippen LogP contribution in [-0.2, 0) is 4.74 Å². The third-order valence-electron chi connectivity index (χ3n) is 2.31. The molecule has 3 atom stereocenters. The molecule has 0 spiro atoms. The molecule has 1 rings (SSSR count). The normalized spacial score (nSPS) is 39.5. The Kier molecular flexibility index (Phi) is 2.90. The summed E-state index contributed by atoms with van der Waals surface area (Å²) in [6.07, 6.45) is 1.62. The lowest BCUT2D eigenvalue weighted by atomic mass is 9.91. The Labute approximate surface area is 68.6 Å². The van der Waals surface area contributed by atoms with Gasteiger partial charge in [0, 0.05) is 6.42 Å². The molecule has 0 amide bonds. The van der Waals surface area contributed by atoms with Crippen molar-refractivity contribution in [1.82, 2.24) is 0 Å². The van der Waals surface area contributed by atoms with Crippen LogP contribution in [-0.4, -0.2) is 17.5 Å². The van der Waals surface area contributed by atoms with Gasteiger partial charge in [0.1, 0.15) is 0 Å². The molecular weight excluding hydrogens is 140 g/mol. The van der Waals surface area contributed by atoms with Crippen LogP contribution in [0.1, 0.15) is 33.6 Å². The van der Waals surface area contributed by atoms with E-state index in [1.54, 1.807) is 0 Å². The van der Waals surface area contributed by atoms with Crippen LogP contribution in [0.2, 0.25) is 0 Å². The first-order valence-electron chi connectivity index (χ1n) is 4.43. The number of aliphatic hydroxyl groups is 1. The first-order valence-corrected chi connectivity index (χ1v) is 4.43. The number of aliphatic hydroxyl groups excluding tert-OH is 1. The Balaban J connectivity index is 2.43. The highest BCUT2D eigenvalue weighted by atomic mass is 16.6. The topological polar surface area (TPSA) is 29.5 Å². The van der Waals surface area contributed by atoms with Crippen LogP contribution in [0.3, 0.4) is 0 Å². The third kappa shape index (κ3) is 2.46. The van der Waals surface area contributed by atoms with Gasteiger partial charge >= 0.3 is 0 Å². The van der Waals surface area contributed by atoms with Gasteiger partial charge in [-0.3, -0.25) is 0 Å². The van der Waals surface area contributed by atoms with Crippen molar-refractivity contribution in [2.75, 3.05) is 0 Å². The van der Waals surface area contributed by atoms with Gasteiger partial charge in [-0.1, -0.05) is 20.8 Å². The van der Waals surface area contributed by atoms with Crippen molar-refractivity contribution in [3.63, 3.8) is 0 Å². The van der Waals surface area contributed by atoms with Gasteiger partial charge in [-0.15, -0.1) is 0 Å². The quantitative estimate of drug-likeness (QED) is 0.630. The first-order chi connectivity index (χ1) is 5.09. The summed E-state index contributed by atoms with van der Waals surface area (Å²) in [7, 11) is 0. The molecule has 2 heteroatoms. The standard InChI is InChI=1S/C9H18O2/c1-6(2)8-4-7(3)5-9(10)11-8/h6-10H,4-5H2,1-3H3. The van der Waals surface area contributed by atoms with E-state index in [2.05, 4.69) is 20.8 Å². The van der Waals surface area contributed by atoms with Crippen molar-refractivity contribution in [3.8, 4) is 0 Å². The summed E-state index contributed by atoms with van der Waals surface area (Å²) in [6, 6.07) is 0. The average Bonchev–Trinajstić information content (AvgIpc) is 1.85. The molecule has 0 aromatic heterocycles. The summed E-state index contributed by atoms with van der Waals surface area (Å²) in [5, 5.41) is 9.28. The van der Waals surface area contributed by atoms with Gasteiger partial charge in [0.15, 0.2) is 6.29 Å². The van der Waals surface area contributed by atoms with E-state index in [1.165, 1.54) is 0 Å². The average molecular weight is 158 g/mol. The highest BCUT2D eigenvalue weighted by molar-refractivity contribution is 4.72. The monoisotopic (exact) mass is 158 g/mol. The van der Waals surface area contributed by atoms with E-state index >= 15 is 0 Å². The maximum atomic E-state index is 9.28. The molecule has 0 aliphatic carbocycles. The van der Waals surface area contributed by atoms with Crippen LogP contribution in [0.25, 0.3) is 0 Å². The summed E-state index contributed by atoms with van der Waals surface area (Å²) in [5.74, 6) is 1.12. The van der Waals surface area contributed by atoms with Crippen LogP contribution in [0.5, 0.6) is 0 Å². The molecule has 11 heavy (non-hydrogen) atoms. The Morgan fingerprint density at radius 2 is 2.00 bits per heavy atom. The predicted octanol–water partition coefficient (Wildman–Crippen LogP) is 1.78. The van der Waals surface area contributed by atoms with Gasteiger partial charge in [0.2, 0.25) is 0 Å². The lowest BCUT2D eigenvalue weighted by Crippen LogP contribution is -2.34. The Bertz CT molecular complexity index is 113. The van der Waals surface area contributed by atoms with Crippen molar-refractivity contribution in [3.05, 3.63) is 0 Å². The molecule has 0 aromatic carbocycles. The zero-order valence-corrected chi connectivity index (χ0v) is 7.58. The molecule has 1 aliphatic heterocycles. The smallest absolute Gasteiger partial charge is 0.155 e. The molecule has 0 radical (unpaired) electrons. The maximum absolute atomic E-state index is 9.28. The summed E-state index contributed by atoms with van der Waals surface area (Å²) < 4.78 is 5.37. The molecule has 3 unspecified atom stereocenters. The van der Waals surface area contributed by atoms with E-state index in [0.29, 0.717) is 11.8 Å². The van der Waals surface area contributed by atoms with Crippen LogP contribution in [0.15, 0.2) is 0 Å². The minimum absolute atomic E-state index is 0.258. The van der Waals surface area contributed by atoms with Gasteiger partial charge in [-0.2, -0.15) is 0 Å². The van der Waals surface area contributed by atoms with Gasteiger partial charge in [0.25, 0.3) is 0 Å². The van der Waals surface area contributed by atoms with Crippen molar-refractivity contribution in [2.24, 2.45) is 11.8 Å². The molecule has 0 bridgehead atoms. The molecule has 0 saturated carbocycles. The Morgan fingerprint density at radius 1 is 1.36 bits per heavy atom. The third-order valence-corrected chi connectivity index (χ3v) is 2.31. The van der Waals surface area contributed by atoms with Crippen LogP contribution >= 0.6 is 0 Å². The van der Waals surface area contributed by atoms with Gasteiger partial charge < -0.3 is 9.84 Å². The zero-order valence-electron chi connectivity index (χ0n) is 7.58. The number of rotatable bonds is 1. The highest BCUT2D eigenvalue weighted by Gasteiger charge is 2.27. The number of hydrogen-bond acceptors (Lipinski definition) is 2. The molecule has 0 aromatic rings. The molecule has 2 nitrogen and oxygen atoms in total.